The summed E-state index contributed by atoms with van der Waals surface area (Å²) in [6, 6.07) is 32.9. The van der Waals surface area contributed by atoms with Crippen molar-refractivity contribution in [2.75, 3.05) is 4.72 Å². The molecular formula is C35H31N3O5S. The van der Waals surface area contributed by atoms with Crippen molar-refractivity contribution in [2.45, 2.75) is 38.0 Å². The molecule has 2 aromatic heterocycles. The van der Waals surface area contributed by atoms with Crippen molar-refractivity contribution in [3.05, 3.63) is 137 Å². The molecule has 9 heteroatoms. The molecule has 44 heavy (non-hydrogen) atoms. The molecule has 6 aromatic rings. The summed E-state index contributed by atoms with van der Waals surface area (Å²) in [5.41, 5.74) is 4.55. The maximum atomic E-state index is 13.8. The number of anilines is 1. The van der Waals surface area contributed by atoms with Gasteiger partial charge in [-0.15, -0.1) is 0 Å². The third-order valence-electron chi connectivity index (χ3n) is 7.40. The fourth-order valence-corrected chi connectivity index (χ4v) is 6.46. The Morgan fingerprint density at radius 2 is 1.55 bits per heavy atom. The van der Waals surface area contributed by atoms with Crippen molar-refractivity contribution < 1.29 is 22.4 Å². The molecule has 6 rings (SSSR count). The van der Waals surface area contributed by atoms with Crippen molar-refractivity contribution in [1.29, 1.82) is 0 Å². The van der Waals surface area contributed by atoms with Crippen LogP contribution in [0.2, 0.25) is 0 Å². The third-order valence-corrected chi connectivity index (χ3v) is 8.77. The molecule has 0 saturated carbocycles. The summed E-state index contributed by atoms with van der Waals surface area (Å²) in [5.74, 6) is -0.616. The number of nitrogens with zero attached hydrogens (tertiary/aromatic N) is 2. The Morgan fingerprint density at radius 3 is 2.20 bits per heavy atom. The van der Waals surface area contributed by atoms with Crippen LogP contribution < -0.4 is 9.46 Å². The van der Waals surface area contributed by atoms with Gasteiger partial charge in [0.05, 0.1) is 33.4 Å². The summed E-state index contributed by atoms with van der Waals surface area (Å²) in [6.07, 6.45) is 0.511. The van der Waals surface area contributed by atoms with Crippen LogP contribution in [-0.2, 0) is 21.2 Å². The molecule has 0 fully saturated rings. The molecule has 0 spiro atoms. The molecule has 0 radical (unpaired) electrons. The van der Waals surface area contributed by atoms with E-state index in [1.165, 1.54) is 6.92 Å². The van der Waals surface area contributed by atoms with E-state index in [0.717, 1.165) is 11.1 Å². The molecule has 0 aliphatic heterocycles. The maximum Gasteiger partial charge on any atom is 0.309 e. The van der Waals surface area contributed by atoms with Gasteiger partial charge in [-0.25, -0.2) is 13.1 Å². The Morgan fingerprint density at radius 1 is 0.909 bits per heavy atom. The van der Waals surface area contributed by atoms with Crippen LogP contribution in [0, 0.1) is 6.92 Å². The Kier molecular flexibility index (Phi) is 7.80. The summed E-state index contributed by atoms with van der Waals surface area (Å²) < 4.78 is 44.5. The van der Waals surface area contributed by atoms with Crippen LogP contribution in [0.15, 0.2) is 119 Å². The summed E-state index contributed by atoms with van der Waals surface area (Å²) in [5, 5.41) is 5.50. The number of carbonyl (C=O) groups excluding carboxylic acids is 1. The molecule has 8 nitrogen and oxygen atoms in total. The molecule has 1 unspecified atom stereocenters. The number of esters is 1. The average molecular weight is 606 g/mol. The zero-order chi connectivity index (χ0) is 30.8. The van der Waals surface area contributed by atoms with Gasteiger partial charge in [0.1, 0.15) is 11.3 Å². The van der Waals surface area contributed by atoms with E-state index in [4.69, 9.17) is 14.3 Å². The molecule has 222 valence electrons. The third kappa shape index (κ3) is 5.49. The largest absolute Gasteiger partial charge is 0.458 e. The van der Waals surface area contributed by atoms with Crippen molar-refractivity contribution in [3.63, 3.8) is 0 Å². The number of ether oxygens (including phenoxy) is 1. The highest BCUT2D eigenvalue weighted by molar-refractivity contribution is 7.92. The van der Waals surface area contributed by atoms with Crippen LogP contribution in [0.1, 0.15) is 47.9 Å². The second-order valence-corrected chi connectivity index (χ2v) is 12.1. The minimum Gasteiger partial charge on any atom is -0.458 e. The monoisotopic (exact) mass is 605 g/mol. The number of aryl methyl sites for hydroxylation is 2. The average Bonchev–Trinajstić information content (AvgIpc) is 3.56. The topological polar surface area (TPSA) is 103 Å². The van der Waals surface area contributed by atoms with Crippen LogP contribution in [0.5, 0.6) is 5.88 Å². The number of benzene rings is 4. The summed E-state index contributed by atoms with van der Waals surface area (Å²) in [7, 11) is -4.01. The van der Waals surface area contributed by atoms with E-state index in [1.54, 1.807) is 35.0 Å². The van der Waals surface area contributed by atoms with E-state index in [0.29, 0.717) is 45.8 Å². The number of aromatic nitrogens is 2. The minimum absolute atomic E-state index is 0.127. The molecule has 0 amide bonds. The zero-order valence-electron chi connectivity index (χ0n) is 24.5. The van der Waals surface area contributed by atoms with Crippen molar-refractivity contribution in [1.82, 2.24) is 9.78 Å². The number of nitrogens with one attached hydrogen (secondary N) is 1. The molecule has 2 heterocycles. The van der Waals surface area contributed by atoms with Crippen molar-refractivity contribution in [2.24, 2.45) is 0 Å². The summed E-state index contributed by atoms with van der Waals surface area (Å²) >= 11 is 0. The Labute approximate surface area is 256 Å². The zero-order valence-corrected chi connectivity index (χ0v) is 25.3. The normalized spacial score (nSPS) is 12.2. The Bertz CT molecular complexity index is 2050. The minimum atomic E-state index is -4.01. The molecule has 0 saturated heterocycles. The maximum absolute atomic E-state index is 13.8. The summed E-state index contributed by atoms with van der Waals surface area (Å²) in [4.78, 5) is 12.7. The van der Waals surface area contributed by atoms with Gasteiger partial charge in [0.25, 0.3) is 10.0 Å². The number of hydrogen-bond acceptors (Lipinski definition) is 6. The first-order chi connectivity index (χ1) is 21.3. The first kappa shape index (κ1) is 28.9. The van der Waals surface area contributed by atoms with E-state index in [-0.39, 0.29) is 10.8 Å². The highest BCUT2D eigenvalue weighted by Gasteiger charge is 2.35. The fourth-order valence-electron chi connectivity index (χ4n) is 5.37. The van der Waals surface area contributed by atoms with Gasteiger partial charge in [0, 0.05) is 12.3 Å². The number of para-hydroxylation sites is 2. The van der Waals surface area contributed by atoms with Crippen molar-refractivity contribution >= 4 is 32.6 Å². The van der Waals surface area contributed by atoms with E-state index in [9.17, 15) is 13.2 Å². The van der Waals surface area contributed by atoms with E-state index in [1.807, 2.05) is 92.7 Å². The SMILES string of the molecule is CCc1nn(-c2ccccc2)c(OC(C)=O)c1C(c1ccccc1)c1oc2ccccc2c1NS(=O)(=O)c1ccc(C)cc1. The lowest BCUT2D eigenvalue weighted by molar-refractivity contribution is -0.132. The van der Waals surface area contributed by atoms with Crippen LogP contribution >= 0.6 is 0 Å². The van der Waals surface area contributed by atoms with E-state index < -0.39 is 21.9 Å². The van der Waals surface area contributed by atoms with E-state index >= 15 is 0 Å². The van der Waals surface area contributed by atoms with Crippen LogP contribution in [0.4, 0.5) is 5.69 Å². The highest BCUT2D eigenvalue weighted by Crippen LogP contribution is 2.47. The van der Waals surface area contributed by atoms with Crippen LogP contribution in [0.3, 0.4) is 0 Å². The first-order valence-corrected chi connectivity index (χ1v) is 15.8. The number of carbonyl (C=O) groups is 1. The Hall–Kier alpha value is -5.15. The highest BCUT2D eigenvalue weighted by atomic mass is 32.2. The first-order valence-electron chi connectivity index (χ1n) is 14.3. The van der Waals surface area contributed by atoms with Gasteiger partial charge in [-0.1, -0.05) is 85.3 Å². The molecule has 0 aliphatic rings. The quantitative estimate of drug-likeness (QED) is 0.172. The second kappa shape index (κ2) is 11.9. The molecule has 1 N–H and O–H groups in total. The Balaban J connectivity index is 1.64. The van der Waals surface area contributed by atoms with Gasteiger partial charge in [-0.2, -0.15) is 5.10 Å². The predicted molar refractivity (Wildman–Crippen MR) is 170 cm³/mol. The number of hydrogen-bond donors (Lipinski definition) is 1. The molecule has 0 bridgehead atoms. The number of rotatable bonds is 9. The van der Waals surface area contributed by atoms with Crippen molar-refractivity contribution in [3.8, 4) is 11.6 Å². The molecule has 1 atom stereocenters. The second-order valence-electron chi connectivity index (χ2n) is 10.5. The molecule has 4 aromatic carbocycles. The fraction of sp³-hybridized carbons (Fsp3) is 0.143. The number of fused-ring (bicyclic) bond motifs is 1. The van der Waals surface area contributed by atoms with Crippen LogP contribution in [0.25, 0.3) is 16.7 Å². The molecule has 0 aliphatic carbocycles. The van der Waals surface area contributed by atoms with Gasteiger partial charge in [0.15, 0.2) is 0 Å². The summed E-state index contributed by atoms with van der Waals surface area (Å²) in [6.45, 7) is 5.22. The lowest BCUT2D eigenvalue weighted by Crippen LogP contribution is -2.16. The standard InChI is InChI=1S/C35H31N3O5S/c1-4-29-32(35(42-24(3)39)38(36-29)26-15-9-6-10-16-26)31(25-13-7-5-8-14-25)34-33(28-17-11-12-18-30(28)43-34)37-44(40,41)27-21-19-23(2)20-22-27/h5-22,31,37H,4H2,1-3H3. The van der Waals surface area contributed by atoms with E-state index in [2.05, 4.69) is 4.72 Å². The van der Waals surface area contributed by atoms with Gasteiger partial charge in [0.2, 0.25) is 5.88 Å². The lowest BCUT2D eigenvalue weighted by Gasteiger charge is -2.20. The van der Waals surface area contributed by atoms with Gasteiger partial charge in [-0.3, -0.25) is 9.52 Å². The smallest absolute Gasteiger partial charge is 0.309 e. The lowest BCUT2D eigenvalue weighted by atomic mass is 9.87. The predicted octanol–water partition coefficient (Wildman–Crippen LogP) is 7.40. The number of furan rings is 1. The van der Waals surface area contributed by atoms with Gasteiger partial charge >= 0.3 is 5.97 Å². The van der Waals surface area contributed by atoms with Gasteiger partial charge < -0.3 is 9.15 Å². The molecular weight excluding hydrogens is 574 g/mol. The number of sulfonamides is 1. The van der Waals surface area contributed by atoms with Gasteiger partial charge in [-0.05, 0) is 55.3 Å². The van der Waals surface area contributed by atoms with Crippen LogP contribution in [-0.4, -0.2) is 24.2 Å².